The summed E-state index contributed by atoms with van der Waals surface area (Å²) < 4.78 is 1.18. The standard InChI is InChI=1S/C14H16N2OS/c1-2-16(11-8-15-9-11)14(17)13-7-10-5-3-4-6-12(10)18-13/h3-7,11,15H,2,8-9H2,1H3. The first kappa shape index (κ1) is 11.7. The van der Waals surface area contributed by atoms with E-state index in [9.17, 15) is 4.79 Å². The molecule has 2 heterocycles. The van der Waals surface area contributed by atoms with Crippen molar-refractivity contribution in [3.05, 3.63) is 35.2 Å². The molecule has 3 nitrogen and oxygen atoms in total. The monoisotopic (exact) mass is 260 g/mol. The Morgan fingerprint density at radius 2 is 2.22 bits per heavy atom. The van der Waals surface area contributed by atoms with E-state index in [4.69, 9.17) is 0 Å². The third kappa shape index (κ3) is 1.91. The summed E-state index contributed by atoms with van der Waals surface area (Å²) in [5, 5.41) is 4.38. The van der Waals surface area contributed by atoms with Crippen molar-refractivity contribution in [2.75, 3.05) is 19.6 Å². The number of hydrogen-bond acceptors (Lipinski definition) is 3. The van der Waals surface area contributed by atoms with Crippen molar-refractivity contribution in [1.82, 2.24) is 10.2 Å². The number of carbonyl (C=O) groups excluding carboxylic acids is 1. The molecule has 1 aliphatic heterocycles. The Bertz CT molecular complexity index is 541. The van der Waals surface area contributed by atoms with E-state index >= 15 is 0 Å². The van der Waals surface area contributed by atoms with Crippen LogP contribution in [0.3, 0.4) is 0 Å². The van der Waals surface area contributed by atoms with Gasteiger partial charge in [0.15, 0.2) is 0 Å². The minimum absolute atomic E-state index is 0.171. The Hall–Kier alpha value is -1.39. The number of thiophene rings is 1. The van der Waals surface area contributed by atoms with Gasteiger partial charge in [0.25, 0.3) is 5.91 Å². The molecule has 0 bridgehead atoms. The second kappa shape index (κ2) is 4.71. The van der Waals surface area contributed by atoms with Crippen molar-refractivity contribution < 1.29 is 4.79 Å². The third-order valence-electron chi connectivity index (χ3n) is 3.44. The van der Waals surface area contributed by atoms with Crippen molar-refractivity contribution in [3.8, 4) is 0 Å². The zero-order valence-electron chi connectivity index (χ0n) is 10.3. The molecule has 1 saturated heterocycles. The smallest absolute Gasteiger partial charge is 0.264 e. The van der Waals surface area contributed by atoms with Crippen LogP contribution in [-0.4, -0.2) is 36.5 Å². The molecule has 0 atom stereocenters. The number of fused-ring (bicyclic) bond motifs is 1. The zero-order chi connectivity index (χ0) is 12.5. The van der Waals surface area contributed by atoms with Crippen LogP contribution in [-0.2, 0) is 0 Å². The van der Waals surface area contributed by atoms with Crippen LogP contribution in [0.25, 0.3) is 10.1 Å². The lowest BCUT2D eigenvalue weighted by molar-refractivity contribution is 0.0635. The first-order chi connectivity index (χ1) is 8.79. The summed E-state index contributed by atoms with van der Waals surface area (Å²) >= 11 is 1.59. The molecule has 1 aromatic carbocycles. The van der Waals surface area contributed by atoms with Gasteiger partial charge in [0.2, 0.25) is 0 Å². The number of nitrogens with one attached hydrogen (secondary N) is 1. The summed E-state index contributed by atoms with van der Waals surface area (Å²) in [5.41, 5.74) is 0. The summed E-state index contributed by atoms with van der Waals surface area (Å²) in [6.45, 7) is 4.66. The second-order valence-corrected chi connectivity index (χ2v) is 5.64. The third-order valence-corrected chi connectivity index (χ3v) is 4.54. The van der Waals surface area contributed by atoms with Crippen LogP contribution < -0.4 is 5.32 Å². The molecule has 0 saturated carbocycles. The Labute approximate surface area is 110 Å². The summed E-state index contributed by atoms with van der Waals surface area (Å²) in [6.07, 6.45) is 0. The first-order valence-electron chi connectivity index (χ1n) is 6.30. The largest absolute Gasteiger partial charge is 0.333 e. The van der Waals surface area contributed by atoms with E-state index in [-0.39, 0.29) is 5.91 Å². The van der Waals surface area contributed by atoms with Gasteiger partial charge >= 0.3 is 0 Å². The second-order valence-electron chi connectivity index (χ2n) is 4.55. The predicted molar refractivity (Wildman–Crippen MR) is 75.2 cm³/mol. The fourth-order valence-electron chi connectivity index (χ4n) is 2.29. The number of hydrogen-bond donors (Lipinski definition) is 1. The molecule has 1 fully saturated rings. The lowest BCUT2D eigenvalue weighted by Crippen LogP contribution is -2.58. The van der Waals surface area contributed by atoms with Crippen LogP contribution in [0.2, 0.25) is 0 Å². The van der Waals surface area contributed by atoms with E-state index in [1.807, 2.05) is 30.0 Å². The highest BCUT2D eigenvalue weighted by molar-refractivity contribution is 7.20. The minimum Gasteiger partial charge on any atom is -0.333 e. The van der Waals surface area contributed by atoms with Crippen LogP contribution in [0.15, 0.2) is 30.3 Å². The van der Waals surface area contributed by atoms with Gasteiger partial charge in [-0.1, -0.05) is 18.2 Å². The lowest BCUT2D eigenvalue weighted by atomic mass is 10.1. The van der Waals surface area contributed by atoms with Crippen LogP contribution in [0.1, 0.15) is 16.6 Å². The molecule has 18 heavy (non-hydrogen) atoms. The van der Waals surface area contributed by atoms with Crippen LogP contribution in [0.4, 0.5) is 0 Å². The molecule has 0 aliphatic carbocycles. The van der Waals surface area contributed by atoms with Gasteiger partial charge < -0.3 is 10.2 Å². The number of rotatable bonds is 3. The molecular formula is C14H16N2OS. The summed E-state index contributed by atoms with van der Waals surface area (Å²) in [6, 6.07) is 10.5. The van der Waals surface area contributed by atoms with Crippen LogP contribution in [0, 0.1) is 0 Å². The first-order valence-corrected chi connectivity index (χ1v) is 7.11. The molecule has 1 aromatic heterocycles. The number of nitrogens with zero attached hydrogens (tertiary/aromatic N) is 1. The van der Waals surface area contributed by atoms with E-state index in [1.165, 1.54) is 4.70 Å². The van der Waals surface area contributed by atoms with Gasteiger partial charge in [-0.25, -0.2) is 0 Å². The highest BCUT2D eigenvalue weighted by atomic mass is 32.1. The fourth-order valence-corrected chi connectivity index (χ4v) is 3.31. The van der Waals surface area contributed by atoms with Gasteiger partial charge in [-0.2, -0.15) is 0 Å². The topological polar surface area (TPSA) is 32.3 Å². The maximum absolute atomic E-state index is 12.5. The molecule has 0 spiro atoms. The average molecular weight is 260 g/mol. The van der Waals surface area contributed by atoms with E-state index in [1.54, 1.807) is 11.3 Å². The van der Waals surface area contributed by atoms with Gasteiger partial charge in [0.1, 0.15) is 0 Å². The molecule has 0 radical (unpaired) electrons. The van der Waals surface area contributed by atoms with E-state index in [2.05, 4.69) is 17.4 Å². The van der Waals surface area contributed by atoms with Gasteiger partial charge in [-0.3, -0.25) is 4.79 Å². The highest BCUT2D eigenvalue weighted by Gasteiger charge is 2.28. The SMILES string of the molecule is CCN(C(=O)c1cc2ccccc2s1)C1CNC1. The van der Waals surface area contributed by atoms with E-state index in [0.717, 1.165) is 29.9 Å². The predicted octanol–water partition coefficient (Wildman–Crippen LogP) is 2.34. The summed E-state index contributed by atoms with van der Waals surface area (Å²) in [5.74, 6) is 0.171. The number of carbonyl (C=O) groups is 1. The van der Waals surface area contributed by atoms with Gasteiger partial charge in [0.05, 0.1) is 10.9 Å². The molecule has 0 unspecified atom stereocenters. The fraction of sp³-hybridized carbons (Fsp3) is 0.357. The maximum atomic E-state index is 12.5. The Balaban J connectivity index is 1.90. The number of amides is 1. The molecule has 1 amide bonds. The Kier molecular flexibility index (Phi) is 3.06. The normalized spacial score (nSPS) is 15.6. The van der Waals surface area contributed by atoms with Crippen molar-refractivity contribution in [2.45, 2.75) is 13.0 Å². The van der Waals surface area contributed by atoms with Crippen molar-refractivity contribution in [3.63, 3.8) is 0 Å². The number of likely N-dealkylation sites (N-methyl/N-ethyl adjacent to an activating group) is 1. The van der Waals surface area contributed by atoms with Crippen molar-refractivity contribution >= 4 is 27.3 Å². The summed E-state index contributed by atoms with van der Waals surface area (Å²) in [7, 11) is 0. The zero-order valence-corrected chi connectivity index (χ0v) is 11.2. The quantitative estimate of drug-likeness (QED) is 0.918. The van der Waals surface area contributed by atoms with Crippen LogP contribution >= 0.6 is 11.3 Å². The molecule has 2 aromatic rings. The average Bonchev–Trinajstić information content (AvgIpc) is 2.76. The molecule has 1 aliphatic rings. The Morgan fingerprint density at radius 3 is 2.83 bits per heavy atom. The molecule has 3 rings (SSSR count). The molecular weight excluding hydrogens is 244 g/mol. The molecule has 94 valence electrons. The van der Waals surface area contributed by atoms with Crippen LogP contribution in [0.5, 0.6) is 0 Å². The summed E-state index contributed by atoms with van der Waals surface area (Å²) in [4.78, 5) is 15.3. The highest BCUT2D eigenvalue weighted by Crippen LogP contribution is 2.27. The minimum atomic E-state index is 0.171. The van der Waals surface area contributed by atoms with Crippen molar-refractivity contribution in [2.24, 2.45) is 0 Å². The van der Waals surface area contributed by atoms with E-state index < -0.39 is 0 Å². The molecule has 1 N–H and O–H groups in total. The van der Waals surface area contributed by atoms with Crippen molar-refractivity contribution in [1.29, 1.82) is 0 Å². The number of benzene rings is 1. The maximum Gasteiger partial charge on any atom is 0.264 e. The van der Waals surface area contributed by atoms with Gasteiger partial charge in [-0.15, -0.1) is 11.3 Å². The lowest BCUT2D eigenvalue weighted by Gasteiger charge is -2.37. The van der Waals surface area contributed by atoms with Gasteiger partial charge in [-0.05, 0) is 24.4 Å². The Morgan fingerprint density at radius 1 is 1.44 bits per heavy atom. The molecule has 4 heteroatoms. The van der Waals surface area contributed by atoms with E-state index in [0.29, 0.717) is 6.04 Å². The van der Waals surface area contributed by atoms with Gasteiger partial charge in [0, 0.05) is 24.3 Å².